The minimum absolute atomic E-state index is 0.0155. The smallest absolute Gasteiger partial charge is 0.287 e. The van der Waals surface area contributed by atoms with Gasteiger partial charge in [-0.1, -0.05) is 24.3 Å². The largest absolute Gasteiger partial charge is 0.393 e. The van der Waals surface area contributed by atoms with E-state index in [1.54, 1.807) is 6.07 Å². The van der Waals surface area contributed by atoms with Gasteiger partial charge in [-0.15, -0.1) is 0 Å². The Morgan fingerprint density at radius 3 is 2.56 bits per heavy atom. The summed E-state index contributed by atoms with van der Waals surface area (Å²) in [6.45, 7) is 3.29. The lowest BCUT2D eigenvalue weighted by atomic mass is 10.0. The number of anilines is 1. The number of rotatable bonds is 6. The molecule has 0 saturated carbocycles. The molecule has 3 rings (SSSR count). The van der Waals surface area contributed by atoms with Gasteiger partial charge in [0.25, 0.3) is 5.69 Å². The Morgan fingerprint density at radius 1 is 1.20 bits per heavy atom. The van der Waals surface area contributed by atoms with Crippen molar-refractivity contribution in [2.75, 3.05) is 18.4 Å². The molecule has 0 unspecified atom stereocenters. The molecule has 0 atom stereocenters. The van der Waals surface area contributed by atoms with Crippen molar-refractivity contribution in [1.29, 1.82) is 0 Å². The van der Waals surface area contributed by atoms with Crippen LogP contribution >= 0.6 is 0 Å². The molecule has 2 N–H and O–H groups in total. The van der Waals surface area contributed by atoms with Crippen LogP contribution in [0.1, 0.15) is 24.0 Å². The van der Waals surface area contributed by atoms with Gasteiger partial charge in [0.15, 0.2) is 0 Å². The van der Waals surface area contributed by atoms with Crippen LogP contribution in [0.3, 0.4) is 0 Å². The summed E-state index contributed by atoms with van der Waals surface area (Å²) < 4.78 is 0. The number of nitro groups is 1. The highest BCUT2D eigenvalue weighted by Gasteiger charge is 2.17. The fourth-order valence-corrected chi connectivity index (χ4v) is 2.99. The maximum Gasteiger partial charge on any atom is 0.287 e. The molecule has 1 aliphatic heterocycles. The normalized spacial score (nSPS) is 15.9. The van der Waals surface area contributed by atoms with Crippen molar-refractivity contribution in [2.24, 2.45) is 0 Å². The van der Waals surface area contributed by atoms with Crippen LogP contribution in [0.2, 0.25) is 0 Å². The topological polar surface area (TPSA) is 91.5 Å². The van der Waals surface area contributed by atoms with Crippen LogP contribution in [0, 0.1) is 10.1 Å². The standard InChI is InChI=1S/C18H22N4O3/c23-17-7-9-21(10-8-17)13-15-4-2-1-3-14(15)11-19-18-6-5-16(12-20-18)22(24)25/h1-6,12,17,23H,7-11,13H2,(H,19,20). The summed E-state index contributed by atoms with van der Waals surface area (Å²) in [5.74, 6) is 0.612. The maximum absolute atomic E-state index is 10.7. The molecule has 0 amide bonds. The molecular weight excluding hydrogens is 320 g/mol. The Morgan fingerprint density at radius 2 is 1.92 bits per heavy atom. The van der Waals surface area contributed by atoms with Crippen molar-refractivity contribution in [3.05, 3.63) is 63.8 Å². The molecule has 1 saturated heterocycles. The Balaban J connectivity index is 1.61. The number of hydrogen-bond acceptors (Lipinski definition) is 6. The number of aliphatic hydroxyl groups excluding tert-OH is 1. The zero-order valence-electron chi connectivity index (χ0n) is 14.0. The molecule has 0 bridgehead atoms. The van der Waals surface area contributed by atoms with E-state index in [0.29, 0.717) is 12.4 Å². The average Bonchev–Trinajstić information content (AvgIpc) is 2.63. The third-order valence-corrected chi connectivity index (χ3v) is 4.49. The molecule has 2 aromatic rings. The summed E-state index contributed by atoms with van der Waals surface area (Å²) in [6, 6.07) is 11.3. The summed E-state index contributed by atoms with van der Waals surface area (Å²) in [7, 11) is 0. The van der Waals surface area contributed by atoms with E-state index in [4.69, 9.17) is 0 Å². The summed E-state index contributed by atoms with van der Waals surface area (Å²) in [6.07, 6.45) is 2.74. The summed E-state index contributed by atoms with van der Waals surface area (Å²) >= 11 is 0. The van der Waals surface area contributed by atoms with Crippen molar-refractivity contribution < 1.29 is 10.0 Å². The Labute approximate surface area is 146 Å². The van der Waals surface area contributed by atoms with Gasteiger partial charge in [-0.25, -0.2) is 4.98 Å². The Kier molecular flexibility index (Phi) is 5.57. The molecule has 0 aliphatic carbocycles. The first-order chi connectivity index (χ1) is 12.1. The van der Waals surface area contributed by atoms with E-state index in [9.17, 15) is 15.2 Å². The molecule has 1 aromatic heterocycles. The van der Waals surface area contributed by atoms with Crippen molar-refractivity contribution in [3.8, 4) is 0 Å². The number of aliphatic hydroxyl groups is 1. The molecule has 0 radical (unpaired) electrons. The number of pyridine rings is 1. The molecule has 2 heterocycles. The molecule has 7 nitrogen and oxygen atoms in total. The fourth-order valence-electron chi connectivity index (χ4n) is 2.99. The molecule has 25 heavy (non-hydrogen) atoms. The Bertz CT molecular complexity index is 713. The molecular formula is C18H22N4O3. The highest BCUT2D eigenvalue weighted by molar-refractivity contribution is 5.41. The second-order valence-corrected chi connectivity index (χ2v) is 6.29. The van der Waals surface area contributed by atoms with E-state index >= 15 is 0 Å². The van der Waals surface area contributed by atoms with Gasteiger partial charge < -0.3 is 10.4 Å². The van der Waals surface area contributed by atoms with Crippen molar-refractivity contribution >= 4 is 11.5 Å². The highest BCUT2D eigenvalue weighted by atomic mass is 16.6. The molecule has 1 fully saturated rings. The molecule has 1 aromatic carbocycles. The number of aromatic nitrogens is 1. The molecule has 132 valence electrons. The quantitative estimate of drug-likeness (QED) is 0.619. The maximum atomic E-state index is 10.7. The van der Waals surface area contributed by atoms with Crippen molar-refractivity contribution in [2.45, 2.75) is 32.0 Å². The van der Waals surface area contributed by atoms with Crippen LogP contribution in [0.4, 0.5) is 11.5 Å². The lowest BCUT2D eigenvalue weighted by Gasteiger charge is -2.30. The number of nitrogens with one attached hydrogen (secondary N) is 1. The van der Waals surface area contributed by atoms with Gasteiger partial charge in [0.2, 0.25) is 0 Å². The first-order valence-electron chi connectivity index (χ1n) is 8.43. The third kappa shape index (κ3) is 4.74. The fraction of sp³-hybridized carbons (Fsp3) is 0.389. The number of benzene rings is 1. The van der Waals surface area contributed by atoms with E-state index < -0.39 is 4.92 Å². The van der Waals surface area contributed by atoms with Gasteiger partial charge in [-0.3, -0.25) is 15.0 Å². The van der Waals surface area contributed by atoms with Gasteiger partial charge >= 0.3 is 0 Å². The summed E-state index contributed by atoms with van der Waals surface area (Å²) in [5, 5.41) is 23.5. The van der Waals surface area contributed by atoms with Gasteiger partial charge in [-0.2, -0.15) is 0 Å². The third-order valence-electron chi connectivity index (χ3n) is 4.49. The second kappa shape index (κ2) is 8.04. The zero-order chi connectivity index (χ0) is 17.6. The second-order valence-electron chi connectivity index (χ2n) is 6.29. The monoisotopic (exact) mass is 342 g/mol. The Hall–Kier alpha value is -2.51. The highest BCUT2D eigenvalue weighted by Crippen LogP contribution is 2.18. The lowest BCUT2D eigenvalue weighted by Crippen LogP contribution is -2.35. The van der Waals surface area contributed by atoms with E-state index in [0.717, 1.165) is 32.5 Å². The first kappa shape index (κ1) is 17.3. The van der Waals surface area contributed by atoms with Gasteiger partial charge in [0, 0.05) is 32.2 Å². The van der Waals surface area contributed by atoms with E-state index in [-0.39, 0.29) is 11.8 Å². The lowest BCUT2D eigenvalue weighted by molar-refractivity contribution is -0.385. The van der Waals surface area contributed by atoms with E-state index in [1.165, 1.54) is 23.4 Å². The van der Waals surface area contributed by atoms with E-state index in [1.807, 2.05) is 12.1 Å². The van der Waals surface area contributed by atoms with Crippen molar-refractivity contribution in [1.82, 2.24) is 9.88 Å². The molecule has 1 aliphatic rings. The number of hydrogen-bond donors (Lipinski definition) is 2. The number of piperidine rings is 1. The van der Waals surface area contributed by atoms with Crippen LogP contribution in [0.25, 0.3) is 0 Å². The van der Waals surface area contributed by atoms with Gasteiger partial charge in [0.05, 0.1) is 11.0 Å². The zero-order valence-corrected chi connectivity index (χ0v) is 14.0. The van der Waals surface area contributed by atoms with Gasteiger partial charge in [0.1, 0.15) is 12.0 Å². The minimum Gasteiger partial charge on any atom is -0.393 e. The SMILES string of the molecule is O=[N+]([O-])c1ccc(NCc2ccccc2CN2CCC(O)CC2)nc1. The average molecular weight is 342 g/mol. The number of likely N-dealkylation sites (tertiary alicyclic amines) is 1. The first-order valence-corrected chi connectivity index (χ1v) is 8.43. The van der Waals surface area contributed by atoms with Gasteiger partial charge in [-0.05, 0) is 30.0 Å². The summed E-state index contributed by atoms with van der Waals surface area (Å²) in [4.78, 5) is 16.6. The molecule has 7 heteroatoms. The predicted octanol–water partition coefficient (Wildman–Crippen LogP) is 2.56. The van der Waals surface area contributed by atoms with Crippen LogP contribution < -0.4 is 5.32 Å². The van der Waals surface area contributed by atoms with Crippen LogP contribution in [0.15, 0.2) is 42.6 Å². The van der Waals surface area contributed by atoms with Crippen LogP contribution in [0.5, 0.6) is 0 Å². The predicted molar refractivity (Wildman–Crippen MR) is 95.2 cm³/mol. The number of nitrogens with zero attached hydrogens (tertiary/aromatic N) is 3. The minimum atomic E-state index is -0.457. The van der Waals surface area contributed by atoms with Crippen molar-refractivity contribution in [3.63, 3.8) is 0 Å². The summed E-state index contributed by atoms with van der Waals surface area (Å²) in [5.41, 5.74) is 2.40. The van der Waals surface area contributed by atoms with E-state index in [2.05, 4.69) is 27.3 Å². The van der Waals surface area contributed by atoms with Crippen LogP contribution in [-0.4, -0.2) is 39.1 Å². The molecule has 0 spiro atoms. The van der Waals surface area contributed by atoms with Crippen LogP contribution in [-0.2, 0) is 13.1 Å².